The average molecular weight is 717 g/mol. The van der Waals surface area contributed by atoms with Gasteiger partial charge in [-0.3, -0.25) is 24.0 Å². The van der Waals surface area contributed by atoms with E-state index in [1.165, 1.54) is 24.7 Å². The van der Waals surface area contributed by atoms with Crippen LogP contribution in [0.15, 0.2) is 67.3 Å². The maximum atomic E-state index is 13.9. The number of aliphatic hydroxyl groups excluding tert-OH is 1. The molecule has 1 fully saturated rings. The monoisotopic (exact) mass is 716 g/mol. The molecule has 17 nitrogen and oxygen atoms in total. The van der Waals surface area contributed by atoms with Crippen LogP contribution in [0.2, 0.25) is 0 Å². The quantitative estimate of drug-likeness (QED) is 0.0640. The number of para-hydroxylation sites is 1. The molecule has 1 aliphatic heterocycles. The number of hydrogen-bond donors (Lipinski definition) is 9. The lowest BCUT2D eigenvalue weighted by Crippen LogP contribution is -2.60. The number of fused-ring (bicyclic) bond motifs is 1. The summed E-state index contributed by atoms with van der Waals surface area (Å²) in [6, 6.07) is 7.16. The summed E-state index contributed by atoms with van der Waals surface area (Å²) in [6.07, 6.45) is 4.89. The highest BCUT2D eigenvalue weighted by molar-refractivity contribution is 5.97. The van der Waals surface area contributed by atoms with Crippen molar-refractivity contribution in [2.75, 3.05) is 13.7 Å². The fourth-order valence-corrected chi connectivity index (χ4v) is 5.85. The number of ether oxygens (including phenoxy) is 1. The summed E-state index contributed by atoms with van der Waals surface area (Å²) in [5.74, 6) is -4.11. The van der Waals surface area contributed by atoms with E-state index in [-0.39, 0.29) is 43.8 Å². The van der Waals surface area contributed by atoms with E-state index in [1.54, 1.807) is 18.3 Å². The van der Waals surface area contributed by atoms with Crippen LogP contribution < -0.4 is 26.6 Å². The van der Waals surface area contributed by atoms with Gasteiger partial charge in [0.2, 0.25) is 29.5 Å². The highest BCUT2D eigenvalue weighted by atomic mass is 16.5. The van der Waals surface area contributed by atoms with E-state index in [4.69, 9.17) is 4.74 Å². The first-order valence-electron chi connectivity index (χ1n) is 16.5. The minimum atomic E-state index is -1.55. The Morgan fingerprint density at radius 3 is 2.19 bits per heavy atom. The number of benzene rings is 2. The Morgan fingerprint density at radius 1 is 0.865 bits per heavy atom. The molecule has 1 saturated heterocycles. The first-order chi connectivity index (χ1) is 25.0. The molecular weight excluding hydrogens is 676 g/mol. The molecule has 5 atom stereocenters. The topological polar surface area (TPSA) is 257 Å². The van der Waals surface area contributed by atoms with Crippen molar-refractivity contribution in [1.82, 2.24) is 41.5 Å². The summed E-state index contributed by atoms with van der Waals surface area (Å²) in [4.78, 5) is 88.6. The number of rotatable bonds is 16. The molecule has 5 rings (SSSR count). The second-order valence-electron chi connectivity index (χ2n) is 12.3. The number of esters is 1. The van der Waals surface area contributed by atoms with Crippen molar-refractivity contribution in [2.45, 2.75) is 62.3 Å². The molecule has 9 N–H and O–H groups in total. The van der Waals surface area contributed by atoms with Crippen LogP contribution in [0.25, 0.3) is 10.9 Å². The molecule has 1 aliphatic rings. The first kappa shape index (κ1) is 37.0. The Hall–Kier alpha value is -6.23. The first-order valence-corrected chi connectivity index (χ1v) is 16.5. The van der Waals surface area contributed by atoms with Gasteiger partial charge in [0.1, 0.15) is 36.0 Å². The van der Waals surface area contributed by atoms with E-state index in [9.17, 15) is 39.0 Å². The highest BCUT2D eigenvalue weighted by Gasteiger charge is 2.34. The predicted molar refractivity (Wildman–Crippen MR) is 184 cm³/mol. The van der Waals surface area contributed by atoms with Gasteiger partial charge in [-0.1, -0.05) is 30.3 Å². The van der Waals surface area contributed by atoms with E-state index in [1.807, 2.05) is 24.3 Å². The van der Waals surface area contributed by atoms with Gasteiger partial charge >= 0.3 is 5.97 Å². The van der Waals surface area contributed by atoms with Crippen molar-refractivity contribution >= 4 is 46.4 Å². The van der Waals surface area contributed by atoms with Crippen LogP contribution in [0, 0.1) is 0 Å². The molecule has 0 radical (unpaired) electrons. The molecule has 274 valence electrons. The van der Waals surface area contributed by atoms with Gasteiger partial charge in [0, 0.05) is 54.7 Å². The maximum absolute atomic E-state index is 13.9. The van der Waals surface area contributed by atoms with Gasteiger partial charge in [-0.15, -0.1) is 0 Å². The number of phenols is 1. The number of phenolic OH excluding ortho intramolecular Hbond substituents is 1. The van der Waals surface area contributed by atoms with Gasteiger partial charge in [0.25, 0.3) is 0 Å². The van der Waals surface area contributed by atoms with Crippen LogP contribution in [-0.2, 0) is 52.8 Å². The molecule has 0 bridgehead atoms. The zero-order chi connectivity index (χ0) is 37.2. The average Bonchev–Trinajstić information content (AvgIpc) is 3.92. The number of aromatic amines is 2. The van der Waals surface area contributed by atoms with Gasteiger partial charge in [0.15, 0.2) is 0 Å². The number of aliphatic hydroxyl groups is 1. The Morgan fingerprint density at radius 2 is 1.54 bits per heavy atom. The largest absolute Gasteiger partial charge is 0.508 e. The minimum absolute atomic E-state index is 0.0112. The summed E-state index contributed by atoms with van der Waals surface area (Å²) >= 11 is 0. The molecule has 3 heterocycles. The lowest BCUT2D eigenvalue weighted by Gasteiger charge is -2.26. The Labute approximate surface area is 297 Å². The number of nitrogens with one attached hydrogen (secondary N) is 7. The van der Waals surface area contributed by atoms with Crippen LogP contribution in [0.1, 0.15) is 29.7 Å². The number of aromatic nitrogens is 3. The van der Waals surface area contributed by atoms with Crippen LogP contribution in [-0.4, -0.2) is 105 Å². The molecule has 2 aromatic carbocycles. The van der Waals surface area contributed by atoms with Gasteiger partial charge in [-0.05, 0) is 35.7 Å². The number of nitrogens with zero attached hydrogens (tertiary/aromatic N) is 1. The Balaban J connectivity index is 1.35. The second-order valence-corrected chi connectivity index (χ2v) is 12.3. The highest BCUT2D eigenvalue weighted by Crippen LogP contribution is 2.20. The number of H-pyrrole nitrogens is 2. The van der Waals surface area contributed by atoms with Crippen LogP contribution in [0.5, 0.6) is 5.75 Å². The van der Waals surface area contributed by atoms with Crippen LogP contribution in [0.4, 0.5) is 0 Å². The molecule has 2 aromatic heterocycles. The molecule has 5 amide bonds. The lowest BCUT2D eigenvalue weighted by molar-refractivity contribution is -0.145. The molecular formula is C35H40N8O9. The van der Waals surface area contributed by atoms with Crippen molar-refractivity contribution in [3.8, 4) is 5.75 Å². The van der Waals surface area contributed by atoms with Crippen molar-refractivity contribution in [3.05, 3.63) is 84.1 Å². The van der Waals surface area contributed by atoms with Crippen molar-refractivity contribution < 1.29 is 43.7 Å². The molecule has 52 heavy (non-hydrogen) atoms. The third-order valence-corrected chi connectivity index (χ3v) is 8.65. The fraction of sp³-hybridized carbons (Fsp3) is 0.343. The van der Waals surface area contributed by atoms with Gasteiger partial charge in [-0.2, -0.15) is 0 Å². The zero-order valence-electron chi connectivity index (χ0n) is 28.2. The molecule has 0 unspecified atom stereocenters. The second kappa shape index (κ2) is 17.1. The Kier molecular flexibility index (Phi) is 12.2. The van der Waals surface area contributed by atoms with E-state index in [2.05, 4.69) is 41.5 Å². The zero-order valence-corrected chi connectivity index (χ0v) is 28.2. The molecule has 17 heteroatoms. The minimum Gasteiger partial charge on any atom is -0.508 e. The smallest absolute Gasteiger partial charge is 0.328 e. The number of hydrogen-bond acceptors (Lipinski definition) is 10. The normalized spacial score (nSPS) is 16.2. The standard InChI is InChI=1S/C35H40N8O9/c1-52-35(51)28(12-19-6-8-22(45)9-7-19)42-34(50)29(17-44)43-32(48)26(13-20-15-37-24-5-3-2-4-23(20)24)40-33(49)27(14-21-16-36-18-38-21)41-31(47)25-10-11-30(46)39-25/h2-9,15-16,18,25-29,37,44-45H,10-14,17H2,1H3,(H,36,38)(H,39,46)(H,40,49)(H,41,47)(H,42,50)(H,43,48)/t25-,26-,27-,28-,29-/m0/s1. The molecule has 0 spiro atoms. The number of aromatic hydroxyl groups is 1. The van der Waals surface area contributed by atoms with Crippen LogP contribution >= 0.6 is 0 Å². The lowest BCUT2D eigenvalue weighted by atomic mass is 10.0. The Bertz CT molecular complexity index is 1890. The number of methoxy groups -OCH3 is 1. The molecule has 0 aliphatic carbocycles. The van der Waals surface area contributed by atoms with E-state index in [0.717, 1.165) is 18.0 Å². The number of imidazole rings is 1. The SMILES string of the molecule is COC(=O)[C@H](Cc1ccc(O)cc1)NC(=O)[C@H](CO)NC(=O)[C@H](Cc1c[nH]c2ccccc12)NC(=O)[C@H](Cc1cnc[nH]1)NC(=O)[C@@H]1CCC(=O)N1. The predicted octanol–water partition coefficient (Wildman–Crippen LogP) is -0.992. The third-order valence-electron chi connectivity index (χ3n) is 8.65. The molecule has 0 saturated carbocycles. The summed E-state index contributed by atoms with van der Waals surface area (Å²) in [5, 5.41) is 33.5. The fourth-order valence-electron chi connectivity index (χ4n) is 5.85. The van der Waals surface area contributed by atoms with Gasteiger partial charge < -0.3 is 51.5 Å². The third kappa shape index (κ3) is 9.51. The summed E-state index contributed by atoms with van der Waals surface area (Å²) in [5.41, 5.74) is 2.54. The number of carbonyl (C=O) groups is 6. The van der Waals surface area contributed by atoms with Crippen molar-refractivity contribution in [3.63, 3.8) is 0 Å². The van der Waals surface area contributed by atoms with Gasteiger partial charge in [0.05, 0.1) is 20.0 Å². The van der Waals surface area contributed by atoms with E-state index in [0.29, 0.717) is 16.8 Å². The van der Waals surface area contributed by atoms with E-state index < -0.39 is 66.4 Å². The van der Waals surface area contributed by atoms with Crippen molar-refractivity contribution in [1.29, 1.82) is 0 Å². The van der Waals surface area contributed by atoms with Crippen LogP contribution in [0.3, 0.4) is 0 Å². The van der Waals surface area contributed by atoms with Gasteiger partial charge in [-0.25, -0.2) is 9.78 Å². The number of carbonyl (C=O) groups excluding carboxylic acids is 6. The summed E-state index contributed by atoms with van der Waals surface area (Å²) in [6.45, 7) is -0.857. The number of amides is 5. The van der Waals surface area contributed by atoms with E-state index >= 15 is 0 Å². The summed E-state index contributed by atoms with van der Waals surface area (Å²) in [7, 11) is 1.15. The summed E-state index contributed by atoms with van der Waals surface area (Å²) < 4.78 is 4.84. The molecule has 4 aromatic rings. The van der Waals surface area contributed by atoms with Crippen molar-refractivity contribution in [2.24, 2.45) is 0 Å². The maximum Gasteiger partial charge on any atom is 0.328 e.